The van der Waals surface area contributed by atoms with Gasteiger partial charge in [0.2, 0.25) is 0 Å². The number of rotatable bonds is 12. The van der Waals surface area contributed by atoms with Crippen LogP contribution in [-0.4, -0.2) is 42.9 Å². The van der Waals surface area contributed by atoms with Crippen molar-refractivity contribution < 1.29 is 33.3 Å². The van der Waals surface area contributed by atoms with Gasteiger partial charge < -0.3 is 23.7 Å². The lowest BCUT2D eigenvalue weighted by Gasteiger charge is -2.25. The van der Waals surface area contributed by atoms with Crippen LogP contribution in [0, 0.1) is 0 Å². The van der Waals surface area contributed by atoms with E-state index in [1.165, 1.54) is 23.0 Å². The number of carbonyl (C=O) groups excluding carboxylic acids is 2. The first-order valence-corrected chi connectivity index (χ1v) is 17.9. The quantitative estimate of drug-likeness (QED) is 0.145. The molecule has 5 rings (SSSR count). The van der Waals surface area contributed by atoms with Crippen molar-refractivity contribution in [1.29, 1.82) is 0 Å². The van der Waals surface area contributed by atoms with Crippen molar-refractivity contribution in [2.45, 2.75) is 53.4 Å². The molecule has 0 spiro atoms. The molecule has 0 saturated heterocycles. The molecule has 4 aromatic rings. The molecule has 3 aromatic carbocycles. The van der Waals surface area contributed by atoms with Gasteiger partial charge in [0.25, 0.3) is 5.56 Å². The molecule has 0 N–H and O–H groups in total. The van der Waals surface area contributed by atoms with E-state index in [4.69, 9.17) is 35.3 Å². The number of allylic oxidation sites excluding steroid dienone is 1. The number of ether oxygens (including phenoxy) is 5. The van der Waals surface area contributed by atoms with Crippen LogP contribution in [0.4, 0.5) is 0 Å². The first-order valence-electron chi connectivity index (χ1n) is 15.9. The zero-order valence-electron chi connectivity index (χ0n) is 28.4. The van der Waals surface area contributed by atoms with Crippen molar-refractivity contribution in [2.75, 3.05) is 20.3 Å². The summed E-state index contributed by atoms with van der Waals surface area (Å²) < 4.78 is 30.7. The second kappa shape index (κ2) is 16.1. The Kier molecular flexibility index (Phi) is 11.9. The Morgan fingerprint density at radius 2 is 1.72 bits per heavy atom. The minimum Gasteiger partial charge on any atom is -0.493 e. The highest BCUT2D eigenvalue weighted by Gasteiger charge is 2.34. The molecule has 0 unspecified atom stereocenters. The van der Waals surface area contributed by atoms with Crippen LogP contribution in [-0.2, 0) is 20.9 Å². The zero-order valence-corrected chi connectivity index (χ0v) is 31.5. The number of carbonyl (C=O) groups is 2. The van der Waals surface area contributed by atoms with E-state index < -0.39 is 18.0 Å². The molecule has 0 saturated carbocycles. The van der Waals surface area contributed by atoms with Crippen LogP contribution in [0.1, 0.15) is 67.7 Å². The molecule has 1 aromatic heterocycles. The molecule has 1 aliphatic heterocycles. The molecule has 0 fully saturated rings. The van der Waals surface area contributed by atoms with Gasteiger partial charge in [-0.15, -0.1) is 0 Å². The van der Waals surface area contributed by atoms with E-state index in [0.717, 1.165) is 5.56 Å². The highest BCUT2D eigenvalue weighted by atomic mass is 79.9. The van der Waals surface area contributed by atoms with E-state index >= 15 is 0 Å². The van der Waals surface area contributed by atoms with Gasteiger partial charge in [-0.3, -0.25) is 9.36 Å². The topological polar surface area (TPSA) is 115 Å². The van der Waals surface area contributed by atoms with Gasteiger partial charge in [-0.1, -0.05) is 41.1 Å². The summed E-state index contributed by atoms with van der Waals surface area (Å²) in [7, 11) is 1.53. The van der Waals surface area contributed by atoms with Gasteiger partial charge in [-0.2, -0.15) is 0 Å². The summed E-state index contributed by atoms with van der Waals surface area (Å²) in [6.45, 7) is 9.64. The maximum atomic E-state index is 14.3. The lowest BCUT2D eigenvalue weighted by atomic mass is 9.95. The second-order valence-corrected chi connectivity index (χ2v) is 13.7. The molecule has 0 amide bonds. The molecule has 2 heterocycles. The summed E-state index contributed by atoms with van der Waals surface area (Å²) in [4.78, 5) is 44.9. The highest BCUT2D eigenvalue weighted by molar-refractivity contribution is 9.10. The van der Waals surface area contributed by atoms with Gasteiger partial charge in [0.05, 0.1) is 58.3 Å². The number of benzene rings is 3. The predicted octanol–water partition coefficient (Wildman–Crippen LogP) is 6.77. The van der Waals surface area contributed by atoms with Crippen LogP contribution in [0.5, 0.6) is 17.2 Å². The van der Waals surface area contributed by atoms with Gasteiger partial charge in [0.1, 0.15) is 12.4 Å². The Bertz CT molecular complexity index is 2140. The molecule has 10 nitrogen and oxygen atoms in total. The van der Waals surface area contributed by atoms with E-state index in [-0.39, 0.29) is 37.1 Å². The molecule has 262 valence electrons. The van der Waals surface area contributed by atoms with Crippen LogP contribution >= 0.6 is 38.9 Å². The number of aromatic nitrogens is 1. The SMILES string of the molecule is CCOC(=O)C1=C(C)N=c2s/c(=C/c3cc(Cl)cc(Br)c3OCc3ccc(C(=O)OCC)cc3)c(=O)n2[C@@H]1c1ccc(OC(C)C)c(OC)c1. The third kappa shape index (κ3) is 7.98. The fourth-order valence-corrected chi connectivity index (χ4v) is 7.39. The Morgan fingerprint density at radius 3 is 2.38 bits per heavy atom. The largest absolute Gasteiger partial charge is 0.493 e. The van der Waals surface area contributed by atoms with E-state index in [0.29, 0.717) is 58.5 Å². The van der Waals surface area contributed by atoms with Crippen LogP contribution in [0.15, 0.2) is 80.1 Å². The van der Waals surface area contributed by atoms with E-state index in [1.807, 2.05) is 13.8 Å². The molecule has 0 bridgehead atoms. The maximum absolute atomic E-state index is 14.3. The normalized spacial score (nSPS) is 14.3. The summed E-state index contributed by atoms with van der Waals surface area (Å²) in [5.74, 6) is 0.481. The number of hydrogen-bond donors (Lipinski definition) is 0. The standard InChI is InChI=1S/C37H36BrClN2O8S/c1-7-46-35(43)23-11-9-22(10-12-23)19-48-33-25(15-26(39)18-27(33)38)17-30-34(42)41-32(24-13-14-28(49-20(3)4)29(16-24)45-6)31(36(44)47-8-2)21(5)40-37(41)50-30/h9-18,20,32H,7-8,19H2,1-6H3/b30-17+/t32-/m1/s1. The number of halogens is 2. The van der Waals surface area contributed by atoms with Crippen molar-refractivity contribution in [3.05, 3.63) is 117 Å². The average Bonchev–Trinajstić information content (AvgIpc) is 3.37. The first kappa shape index (κ1) is 36.9. The minimum absolute atomic E-state index is 0.0954. The maximum Gasteiger partial charge on any atom is 0.338 e. The molecule has 0 aliphatic carbocycles. The van der Waals surface area contributed by atoms with Crippen molar-refractivity contribution in [2.24, 2.45) is 4.99 Å². The molecular formula is C37H36BrClN2O8S. The minimum atomic E-state index is -0.853. The molecule has 1 atom stereocenters. The third-order valence-corrected chi connectivity index (χ3v) is 9.35. The summed E-state index contributed by atoms with van der Waals surface area (Å²) in [6.07, 6.45) is 1.60. The Morgan fingerprint density at radius 1 is 1.02 bits per heavy atom. The molecule has 0 radical (unpaired) electrons. The van der Waals surface area contributed by atoms with E-state index in [9.17, 15) is 14.4 Å². The average molecular weight is 784 g/mol. The molecule has 1 aliphatic rings. The fourth-order valence-electron chi connectivity index (χ4n) is 5.40. The van der Waals surface area contributed by atoms with Crippen LogP contribution in [0.3, 0.4) is 0 Å². The summed E-state index contributed by atoms with van der Waals surface area (Å²) in [5, 5.41) is 0.427. The fraction of sp³-hybridized carbons (Fsp3) is 0.297. The summed E-state index contributed by atoms with van der Waals surface area (Å²) >= 11 is 11.2. The monoisotopic (exact) mass is 782 g/mol. The predicted molar refractivity (Wildman–Crippen MR) is 195 cm³/mol. The van der Waals surface area contributed by atoms with Gasteiger partial charge in [-0.05, 0) is 104 Å². The Balaban J connectivity index is 1.59. The molecular weight excluding hydrogens is 748 g/mol. The zero-order chi connectivity index (χ0) is 36.1. The van der Waals surface area contributed by atoms with Gasteiger partial charge in [0.15, 0.2) is 16.3 Å². The lowest BCUT2D eigenvalue weighted by molar-refractivity contribution is -0.139. The van der Waals surface area contributed by atoms with E-state index in [1.54, 1.807) is 81.4 Å². The number of nitrogens with zero attached hydrogens (tertiary/aromatic N) is 2. The third-order valence-electron chi connectivity index (χ3n) is 7.56. The number of thiazole rings is 1. The smallest absolute Gasteiger partial charge is 0.338 e. The van der Waals surface area contributed by atoms with Crippen molar-refractivity contribution in [3.8, 4) is 17.2 Å². The van der Waals surface area contributed by atoms with Gasteiger partial charge >= 0.3 is 11.9 Å². The Hall–Kier alpha value is -4.39. The van der Waals surface area contributed by atoms with Crippen molar-refractivity contribution in [3.63, 3.8) is 0 Å². The van der Waals surface area contributed by atoms with Crippen LogP contribution in [0.25, 0.3) is 6.08 Å². The van der Waals surface area contributed by atoms with Crippen molar-refractivity contribution in [1.82, 2.24) is 4.57 Å². The number of hydrogen-bond acceptors (Lipinski definition) is 10. The first-order chi connectivity index (χ1) is 23.9. The van der Waals surface area contributed by atoms with Crippen LogP contribution < -0.4 is 29.1 Å². The highest BCUT2D eigenvalue weighted by Crippen LogP contribution is 2.37. The van der Waals surface area contributed by atoms with Gasteiger partial charge in [-0.25, -0.2) is 14.6 Å². The molecule has 13 heteroatoms. The molecule has 50 heavy (non-hydrogen) atoms. The second-order valence-electron chi connectivity index (χ2n) is 11.4. The summed E-state index contributed by atoms with van der Waals surface area (Å²) in [6, 6.07) is 14.8. The number of esters is 2. The van der Waals surface area contributed by atoms with E-state index in [2.05, 4.69) is 20.9 Å². The summed E-state index contributed by atoms with van der Waals surface area (Å²) in [5.41, 5.74) is 2.73. The Labute approximate surface area is 306 Å². The van der Waals surface area contributed by atoms with Crippen molar-refractivity contribution >= 4 is 56.9 Å². The number of methoxy groups -OCH3 is 1. The van der Waals surface area contributed by atoms with Gasteiger partial charge in [0, 0.05) is 10.6 Å². The lowest BCUT2D eigenvalue weighted by Crippen LogP contribution is -2.40. The van der Waals surface area contributed by atoms with Crippen LogP contribution in [0.2, 0.25) is 5.02 Å². The number of fused-ring (bicyclic) bond motifs is 1.